The van der Waals surface area contributed by atoms with Gasteiger partial charge in [0.2, 0.25) is 0 Å². The largest absolute Gasteiger partial charge is 0.323 e. The highest BCUT2D eigenvalue weighted by atomic mass is 35.5. The lowest BCUT2D eigenvalue weighted by atomic mass is 10.1. The Labute approximate surface area is 101 Å². The molecule has 0 saturated carbocycles. The van der Waals surface area contributed by atoms with E-state index in [-0.39, 0.29) is 11.9 Å². The lowest BCUT2D eigenvalue weighted by Gasteiger charge is -2.09. The smallest absolute Gasteiger partial charge is 0.123 e. The molecule has 0 fully saturated rings. The monoisotopic (exact) mass is 257 g/mol. The fourth-order valence-corrected chi connectivity index (χ4v) is 2.07. The van der Waals surface area contributed by atoms with Gasteiger partial charge in [-0.3, -0.25) is 0 Å². The van der Waals surface area contributed by atoms with E-state index in [1.54, 1.807) is 6.20 Å². The highest BCUT2D eigenvalue weighted by Gasteiger charge is 2.12. The van der Waals surface area contributed by atoms with Crippen LogP contribution in [0.4, 0.5) is 4.39 Å². The first-order valence-electron chi connectivity index (χ1n) is 4.63. The molecule has 2 aromatic rings. The second-order valence-electron chi connectivity index (χ2n) is 3.37. The third-order valence-electron chi connectivity index (χ3n) is 2.19. The molecule has 6 heteroatoms. The Bertz CT molecular complexity index is 475. The van der Waals surface area contributed by atoms with E-state index >= 15 is 0 Å². The van der Waals surface area contributed by atoms with Gasteiger partial charge in [0, 0.05) is 11.1 Å². The molecule has 0 radical (unpaired) electrons. The van der Waals surface area contributed by atoms with E-state index < -0.39 is 0 Å². The highest BCUT2D eigenvalue weighted by molar-refractivity contribution is 7.05. The van der Waals surface area contributed by atoms with Crippen molar-refractivity contribution in [2.75, 3.05) is 0 Å². The number of nitrogens with zero attached hydrogens (tertiary/aromatic N) is 2. The summed E-state index contributed by atoms with van der Waals surface area (Å²) in [5, 5.41) is 4.23. The van der Waals surface area contributed by atoms with Crippen LogP contribution in [0.2, 0.25) is 5.02 Å². The Kier molecular flexibility index (Phi) is 3.48. The first-order chi connectivity index (χ1) is 7.66. The fraction of sp³-hybridized carbons (Fsp3) is 0.200. The van der Waals surface area contributed by atoms with Crippen LogP contribution in [-0.2, 0) is 6.42 Å². The molecule has 0 spiro atoms. The zero-order valence-corrected chi connectivity index (χ0v) is 9.80. The van der Waals surface area contributed by atoms with Gasteiger partial charge in [-0.15, -0.1) is 5.10 Å². The third kappa shape index (κ3) is 2.55. The van der Waals surface area contributed by atoms with Gasteiger partial charge < -0.3 is 5.73 Å². The van der Waals surface area contributed by atoms with E-state index in [1.165, 1.54) is 29.7 Å². The zero-order chi connectivity index (χ0) is 11.5. The molecular formula is C10H9ClFN3S. The van der Waals surface area contributed by atoms with Crippen LogP contribution in [0.3, 0.4) is 0 Å². The van der Waals surface area contributed by atoms with E-state index in [9.17, 15) is 4.39 Å². The van der Waals surface area contributed by atoms with Gasteiger partial charge in [-0.2, -0.15) is 0 Å². The number of hydrogen-bond acceptors (Lipinski definition) is 4. The van der Waals surface area contributed by atoms with Crippen molar-refractivity contribution in [1.82, 2.24) is 9.59 Å². The average molecular weight is 258 g/mol. The van der Waals surface area contributed by atoms with Crippen LogP contribution in [0.15, 0.2) is 24.4 Å². The van der Waals surface area contributed by atoms with E-state index in [1.807, 2.05) is 0 Å². The van der Waals surface area contributed by atoms with Crippen molar-refractivity contribution >= 4 is 23.1 Å². The van der Waals surface area contributed by atoms with Gasteiger partial charge in [-0.1, -0.05) is 16.1 Å². The minimum absolute atomic E-state index is 0.251. The van der Waals surface area contributed by atoms with Crippen molar-refractivity contribution in [3.05, 3.63) is 45.7 Å². The molecule has 0 amide bonds. The molecule has 2 rings (SSSR count). The first-order valence-corrected chi connectivity index (χ1v) is 5.78. The SMILES string of the molecule is NC(Cc1cc(F)ccc1Cl)c1cnns1. The first kappa shape index (κ1) is 11.4. The van der Waals surface area contributed by atoms with Gasteiger partial charge in [0.15, 0.2) is 0 Å². The van der Waals surface area contributed by atoms with Crippen molar-refractivity contribution in [2.24, 2.45) is 5.73 Å². The van der Waals surface area contributed by atoms with Gasteiger partial charge in [-0.25, -0.2) is 4.39 Å². The number of halogens is 2. The number of rotatable bonds is 3. The predicted octanol–water partition coefficient (Wildman–Crippen LogP) is 2.57. The summed E-state index contributed by atoms with van der Waals surface area (Å²) in [7, 11) is 0. The van der Waals surface area contributed by atoms with Crippen LogP contribution in [-0.4, -0.2) is 9.59 Å². The summed E-state index contributed by atoms with van der Waals surface area (Å²) in [5.41, 5.74) is 6.64. The number of nitrogens with two attached hydrogens (primary N) is 1. The van der Waals surface area contributed by atoms with E-state index in [0.717, 1.165) is 4.88 Å². The van der Waals surface area contributed by atoms with E-state index in [2.05, 4.69) is 9.59 Å². The summed E-state index contributed by atoms with van der Waals surface area (Å²) in [4.78, 5) is 0.861. The zero-order valence-electron chi connectivity index (χ0n) is 8.23. The quantitative estimate of drug-likeness (QED) is 0.920. The van der Waals surface area contributed by atoms with Crippen LogP contribution in [0.5, 0.6) is 0 Å². The van der Waals surface area contributed by atoms with Gasteiger partial charge in [0.05, 0.1) is 11.1 Å². The van der Waals surface area contributed by atoms with Crippen LogP contribution in [0.1, 0.15) is 16.5 Å². The summed E-state index contributed by atoms with van der Waals surface area (Å²) < 4.78 is 16.7. The lowest BCUT2D eigenvalue weighted by Crippen LogP contribution is -2.12. The second-order valence-corrected chi connectivity index (χ2v) is 4.59. The maximum atomic E-state index is 13.0. The van der Waals surface area contributed by atoms with Crippen LogP contribution in [0.25, 0.3) is 0 Å². The van der Waals surface area contributed by atoms with Crippen LogP contribution in [0, 0.1) is 5.82 Å². The number of hydrogen-bond donors (Lipinski definition) is 1. The Morgan fingerprint density at radius 1 is 1.50 bits per heavy atom. The molecule has 16 heavy (non-hydrogen) atoms. The lowest BCUT2D eigenvalue weighted by molar-refractivity contribution is 0.622. The second kappa shape index (κ2) is 4.86. The molecule has 0 aliphatic heterocycles. The molecule has 3 nitrogen and oxygen atoms in total. The Morgan fingerprint density at radius 2 is 2.31 bits per heavy atom. The Balaban J connectivity index is 2.17. The van der Waals surface area contributed by atoms with Crippen molar-refractivity contribution in [3.8, 4) is 0 Å². The summed E-state index contributed by atoms with van der Waals surface area (Å²) in [6, 6.07) is 4.01. The summed E-state index contributed by atoms with van der Waals surface area (Å²) in [6.07, 6.45) is 2.09. The number of benzene rings is 1. The molecule has 1 unspecified atom stereocenters. The van der Waals surface area contributed by atoms with Crippen molar-refractivity contribution in [3.63, 3.8) is 0 Å². The van der Waals surface area contributed by atoms with Crippen molar-refractivity contribution < 1.29 is 4.39 Å². The fourth-order valence-electron chi connectivity index (χ4n) is 1.38. The van der Waals surface area contributed by atoms with Crippen LogP contribution < -0.4 is 5.73 Å². The molecule has 1 heterocycles. The molecule has 0 saturated heterocycles. The molecule has 1 atom stereocenters. The van der Waals surface area contributed by atoms with Gasteiger partial charge in [-0.05, 0) is 41.7 Å². The van der Waals surface area contributed by atoms with Crippen molar-refractivity contribution in [1.29, 1.82) is 0 Å². The molecule has 1 aromatic heterocycles. The molecule has 0 bridgehead atoms. The normalized spacial score (nSPS) is 12.7. The molecular weight excluding hydrogens is 249 g/mol. The molecule has 0 aliphatic carbocycles. The summed E-state index contributed by atoms with van der Waals surface area (Å²) in [6.45, 7) is 0. The minimum Gasteiger partial charge on any atom is -0.323 e. The van der Waals surface area contributed by atoms with Gasteiger partial charge in [0.25, 0.3) is 0 Å². The Morgan fingerprint density at radius 3 is 3.00 bits per heavy atom. The topological polar surface area (TPSA) is 51.8 Å². The number of aromatic nitrogens is 2. The molecule has 1 aromatic carbocycles. The third-order valence-corrected chi connectivity index (χ3v) is 3.36. The Hall–Kier alpha value is -1.04. The summed E-state index contributed by atoms with van der Waals surface area (Å²) in [5.74, 6) is -0.311. The van der Waals surface area contributed by atoms with E-state index in [0.29, 0.717) is 17.0 Å². The maximum absolute atomic E-state index is 13.0. The molecule has 2 N–H and O–H groups in total. The average Bonchev–Trinajstić information content (AvgIpc) is 2.76. The molecule has 0 aliphatic rings. The predicted molar refractivity (Wildman–Crippen MR) is 62.0 cm³/mol. The summed E-state index contributed by atoms with van der Waals surface area (Å²) >= 11 is 7.19. The van der Waals surface area contributed by atoms with Crippen molar-refractivity contribution in [2.45, 2.75) is 12.5 Å². The molecule has 84 valence electrons. The van der Waals surface area contributed by atoms with E-state index in [4.69, 9.17) is 17.3 Å². The standard InChI is InChI=1S/C10H9ClFN3S/c11-8-2-1-7(12)3-6(8)4-9(13)10-5-14-15-16-10/h1-3,5,9H,4,13H2. The highest BCUT2D eigenvalue weighted by Crippen LogP contribution is 2.23. The van der Waals surface area contributed by atoms with Gasteiger partial charge in [0.1, 0.15) is 5.82 Å². The maximum Gasteiger partial charge on any atom is 0.123 e. The van der Waals surface area contributed by atoms with Gasteiger partial charge >= 0.3 is 0 Å². The van der Waals surface area contributed by atoms with Crippen LogP contribution >= 0.6 is 23.1 Å². The minimum atomic E-state index is -0.311.